The third-order valence-electron chi connectivity index (χ3n) is 6.31. The van der Waals surface area contributed by atoms with Crippen molar-refractivity contribution in [2.45, 2.75) is 12.8 Å². The monoisotopic (exact) mass is 495 g/mol. The highest BCUT2D eigenvalue weighted by atomic mass is 19.1. The van der Waals surface area contributed by atoms with Crippen molar-refractivity contribution in [3.63, 3.8) is 0 Å². The highest BCUT2D eigenvalue weighted by Crippen LogP contribution is 2.32. The first kappa shape index (κ1) is 24.0. The van der Waals surface area contributed by atoms with Crippen LogP contribution in [0.5, 0.6) is 5.88 Å². The van der Waals surface area contributed by atoms with Crippen molar-refractivity contribution in [1.29, 1.82) is 0 Å². The van der Waals surface area contributed by atoms with Gasteiger partial charge in [-0.1, -0.05) is 24.3 Å². The second-order valence-corrected chi connectivity index (χ2v) is 8.78. The van der Waals surface area contributed by atoms with Gasteiger partial charge in [0.25, 0.3) is 0 Å². The number of carbonyl (C=O) groups excluding carboxylic acids is 1. The lowest BCUT2D eigenvalue weighted by Gasteiger charge is -2.10. The molecule has 2 heterocycles. The largest absolute Gasteiger partial charge is 0.494 e. The number of amides is 1. The van der Waals surface area contributed by atoms with E-state index >= 15 is 0 Å². The Morgan fingerprint density at radius 3 is 2.54 bits per heavy atom. The number of aromatic nitrogens is 3. The molecule has 5 aromatic rings. The smallest absolute Gasteiger partial charge is 0.220 e. The quantitative estimate of drug-likeness (QED) is 0.269. The van der Waals surface area contributed by atoms with E-state index in [0.717, 1.165) is 22.5 Å². The highest BCUT2D eigenvalue weighted by molar-refractivity contribution is 6.21. The van der Waals surface area contributed by atoms with Gasteiger partial charge >= 0.3 is 0 Å². The van der Waals surface area contributed by atoms with Crippen molar-refractivity contribution < 1.29 is 14.3 Å². The fourth-order valence-corrected chi connectivity index (χ4v) is 4.33. The zero-order valence-corrected chi connectivity index (χ0v) is 20.5. The first-order chi connectivity index (χ1) is 17.9. The van der Waals surface area contributed by atoms with E-state index in [-0.39, 0.29) is 11.8 Å². The Hall–Kier alpha value is -4.72. The molecule has 7 nitrogen and oxygen atoms in total. The molecule has 0 saturated heterocycles. The molecule has 5 rings (SSSR count). The predicted octanol–water partition coefficient (Wildman–Crippen LogP) is 5.26. The maximum absolute atomic E-state index is 13.9. The molecule has 1 amide bonds. The second-order valence-electron chi connectivity index (χ2n) is 8.78. The fraction of sp³-hybridized carbons (Fsp3) is 0.138. The summed E-state index contributed by atoms with van der Waals surface area (Å²) in [5.74, 6) is 0.340. The van der Waals surface area contributed by atoms with Crippen LogP contribution in [-0.2, 0) is 18.3 Å². The average molecular weight is 496 g/mol. The van der Waals surface area contributed by atoms with Crippen LogP contribution in [0.2, 0.25) is 0 Å². The Balaban J connectivity index is 1.57. The number of aromatic hydroxyl groups is 1. The van der Waals surface area contributed by atoms with Crippen molar-refractivity contribution in [3.8, 4) is 17.3 Å². The van der Waals surface area contributed by atoms with Crippen molar-refractivity contribution >= 4 is 28.2 Å². The Labute approximate surface area is 213 Å². The molecule has 0 aliphatic heterocycles. The lowest BCUT2D eigenvalue weighted by molar-refractivity contribution is -0.120. The van der Waals surface area contributed by atoms with Crippen LogP contribution >= 0.6 is 0 Å². The molecule has 0 spiro atoms. The van der Waals surface area contributed by atoms with Gasteiger partial charge in [-0.05, 0) is 54.4 Å². The Morgan fingerprint density at radius 1 is 1.11 bits per heavy atom. The van der Waals surface area contributed by atoms with E-state index in [2.05, 4.69) is 15.3 Å². The van der Waals surface area contributed by atoms with Crippen LogP contribution in [0.1, 0.15) is 23.1 Å². The summed E-state index contributed by atoms with van der Waals surface area (Å²) in [7, 11) is 3.56. The van der Waals surface area contributed by atoms with E-state index in [1.807, 2.05) is 66.3 Å². The second kappa shape index (κ2) is 10.1. The molecule has 0 radical (unpaired) electrons. The van der Waals surface area contributed by atoms with Gasteiger partial charge in [0.05, 0.1) is 22.5 Å². The summed E-state index contributed by atoms with van der Waals surface area (Å²) in [5, 5.41) is 14.1. The number of hydrogen-bond donors (Lipinski definition) is 3. The molecular weight excluding hydrogens is 469 g/mol. The number of imidazole rings is 1. The van der Waals surface area contributed by atoms with Gasteiger partial charge in [0.2, 0.25) is 5.91 Å². The molecule has 37 heavy (non-hydrogen) atoms. The third-order valence-corrected chi connectivity index (χ3v) is 6.31. The molecule has 0 fully saturated rings. The minimum atomic E-state index is -0.399. The molecule has 0 saturated carbocycles. The summed E-state index contributed by atoms with van der Waals surface area (Å²) in [4.78, 5) is 23.8. The van der Waals surface area contributed by atoms with E-state index in [0.29, 0.717) is 40.7 Å². The van der Waals surface area contributed by atoms with Gasteiger partial charge in [-0.25, -0.2) is 14.4 Å². The number of carbonyl (C=O) groups is 1. The maximum atomic E-state index is 13.9. The number of fused-ring (bicyclic) bond motifs is 1. The van der Waals surface area contributed by atoms with Crippen LogP contribution in [0.3, 0.4) is 0 Å². The average Bonchev–Trinajstić information content (AvgIpc) is 3.48. The molecule has 8 heteroatoms. The van der Waals surface area contributed by atoms with Gasteiger partial charge in [-0.15, -0.1) is 0 Å². The number of aryl methyl sites for hydroxylation is 2. The minimum Gasteiger partial charge on any atom is -0.494 e. The number of halogens is 1. The van der Waals surface area contributed by atoms with Crippen molar-refractivity contribution in [1.82, 2.24) is 19.9 Å². The lowest BCUT2D eigenvalue weighted by Crippen LogP contribution is -2.17. The summed E-state index contributed by atoms with van der Waals surface area (Å²) < 4.78 is 15.8. The topological polar surface area (TPSA) is 95.3 Å². The zero-order valence-electron chi connectivity index (χ0n) is 20.5. The summed E-state index contributed by atoms with van der Waals surface area (Å²) in [6, 6.07) is 19.8. The third kappa shape index (κ3) is 4.99. The van der Waals surface area contributed by atoms with E-state index in [9.17, 15) is 14.3 Å². The number of rotatable bonds is 7. The van der Waals surface area contributed by atoms with E-state index in [4.69, 9.17) is 4.99 Å². The van der Waals surface area contributed by atoms with Crippen LogP contribution < -0.4 is 5.32 Å². The Morgan fingerprint density at radius 2 is 1.86 bits per heavy atom. The SMILES string of the molecule is CNC(=O)CCc1ccc(C(=Nc2ccc(-c3nccn3C)cc2)c2c(O)[nH]c3cc(F)ccc23)cc1. The molecule has 0 aliphatic carbocycles. The fourth-order valence-electron chi connectivity index (χ4n) is 4.33. The van der Waals surface area contributed by atoms with Gasteiger partial charge in [0.1, 0.15) is 11.6 Å². The summed E-state index contributed by atoms with van der Waals surface area (Å²) in [6.45, 7) is 0. The predicted molar refractivity (Wildman–Crippen MR) is 143 cm³/mol. The van der Waals surface area contributed by atoms with Gasteiger partial charge in [-0.3, -0.25) is 4.79 Å². The summed E-state index contributed by atoms with van der Waals surface area (Å²) in [5.41, 5.74) is 4.94. The molecule has 3 N–H and O–H groups in total. The molecule has 0 unspecified atom stereocenters. The number of aliphatic imine (C=N–C) groups is 1. The van der Waals surface area contributed by atoms with Crippen LogP contribution in [0, 0.1) is 5.82 Å². The summed E-state index contributed by atoms with van der Waals surface area (Å²) >= 11 is 0. The van der Waals surface area contributed by atoms with Crippen LogP contribution in [0.4, 0.5) is 10.1 Å². The molecule has 0 bridgehead atoms. The number of nitrogens with one attached hydrogen (secondary N) is 2. The summed E-state index contributed by atoms with van der Waals surface area (Å²) in [6.07, 6.45) is 4.65. The highest BCUT2D eigenvalue weighted by Gasteiger charge is 2.19. The number of H-pyrrole nitrogens is 1. The first-order valence-corrected chi connectivity index (χ1v) is 11.9. The van der Waals surface area contributed by atoms with E-state index in [1.54, 1.807) is 19.3 Å². The Kier molecular flexibility index (Phi) is 6.55. The first-order valence-electron chi connectivity index (χ1n) is 11.9. The molecule has 0 atom stereocenters. The molecule has 3 aromatic carbocycles. The molecular formula is C29H26FN5O2. The normalized spacial score (nSPS) is 11.7. The lowest BCUT2D eigenvalue weighted by atomic mass is 9.98. The van der Waals surface area contributed by atoms with E-state index < -0.39 is 5.82 Å². The molecule has 186 valence electrons. The van der Waals surface area contributed by atoms with Crippen molar-refractivity contribution in [2.75, 3.05) is 7.05 Å². The van der Waals surface area contributed by atoms with Crippen molar-refractivity contribution in [2.24, 2.45) is 12.0 Å². The van der Waals surface area contributed by atoms with E-state index in [1.165, 1.54) is 12.1 Å². The number of benzene rings is 3. The van der Waals surface area contributed by atoms with Gasteiger partial charge in [-0.2, -0.15) is 0 Å². The van der Waals surface area contributed by atoms with Gasteiger partial charge in [0, 0.05) is 49.4 Å². The van der Waals surface area contributed by atoms with Crippen LogP contribution in [0.15, 0.2) is 84.1 Å². The van der Waals surface area contributed by atoms with Gasteiger partial charge in [0.15, 0.2) is 5.88 Å². The number of hydrogen-bond acceptors (Lipinski definition) is 4. The molecule has 0 aliphatic rings. The van der Waals surface area contributed by atoms with Crippen LogP contribution in [-0.4, -0.2) is 38.3 Å². The van der Waals surface area contributed by atoms with Crippen molar-refractivity contribution in [3.05, 3.63) is 102 Å². The molecule has 2 aromatic heterocycles. The van der Waals surface area contributed by atoms with Crippen LogP contribution in [0.25, 0.3) is 22.3 Å². The number of nitrogens with zero attached hydrogens (tertiary/aromatic N) is 3. The number of aromatic amines is 1. The Bertz CT molecular complexity index is 1600. The zero-order chi connectivity index (χ0) is 25.9. The van der Waals surface area contributed by atoms with Gasteiger partial charge < -0.3 is 20.0 Å². The standard InChI is InChI=1S/C29H26FN5O2/c1-31-25(36)14-5-18-3-6-19(7-4-18)27(26-23-13-10-21(30)17-24(23)34-29(26)37)33-22-11-8-20(9-12-22)28-32-15-16-35(28)2/h3-4,6-13,15-17,34,37H,5,14H2,1-2H3,(H,31,36). The maximum Gasteiger partial charge on any atom is 0.220 e. The minimum absolute atomic E-state index is 0.0173.